The summed E-state index contributed by atoms with van der Waals surface area (Å²) in [5.74, 6) is -2.96. The van der Waals surface area contributed by atoms with E-state index in [1.165, 1.54) is 6.07 Å². The molecule has 9 nitrogen and oxygen atoms in total. The van der Waals surface area contributed by atoms with Crippen molar-refractivity contribution in [3.8, 4) is 22.7 Å². The van der Waals surface area contributed by atoms with Crippen molar-refractivity contribution in [2.45, 2.75) is 6.18 Å². The number of benzene rings is 1. The van der Waals surface area contributed by atoms with Crippen molar-refractivity contribution in [1.82, 2.24) is 20.4 Å². The first kappa shape index (κ1) is 22.4. The Bertz CT molecular complexity index is 1240. The van der Waals surface area contributed by atoms with Crippen LogP contribution in [0, 0.1) is 0 Å². The summed E-state index contributed by atoms with van der Waals surface area (Å²) in [6.45, 7) is 0. The van der Waals surface area contributed by atoms with Gasteiger partial charge in [-0.2, -0.15) is 13.2 Å². The second-order valence-electron chi connectivity index (χ2n) is 6.12. The molecule has 3 N–H and O–H groups in total. The summed E-state index contributed by atoms with van der Waals surface area (Å²) in [5.41, 5.74) is 5.38. The number of alkyl halides is 3. The first-order chi connectivity index (χ1) is 15.2. The van der Waals surface area contributed by atoms with Gasteiger partial charge in [-0.3, -0.25) is 20.0 Å². The molecular weight excluding hydrogens is 433 g/mol. The average molecular weight is 446 g/mol. The lowest BCUT2D eigenvalue weighted by Crippen LogP contribution is -2.21. The fourth-order valence-corrected chi connectivity index (χ4v) is 2.46. The van der Waals surface area contributed by atoms with Gasteiger partial charge >= 0.3 is 12.1 Å². The lowest BCUT2D eigenvalue weighted by atomic mass is 10.1. The molecule has 0 radical (unpaired) electrons. The number of hydroxylamine groups is 1. The third kappa shape index (κ3) is 5.23. The van der Waals surface area contributed by atoms with Crippen molar-refractivity contribution in [3.63, 3.8) is 0 Å². The molecule has 4 rings (SSSR count). The molecule has 0 saturated heterocycles. The Balaban J connectivity index is 0.000000360. The molecule has 0 aliphatic carbocycles. The van der Waals surface area contributed by atoms with Crippen LogP contribution in [0.5, 0.6) is 0 Å². The summed E-state index contributed by atoms with van der Waals surface area (Å²) in [7, 11) is 0. The Morgan fingerprint density at radius 3 is 2.34 bits per heavy atom. The van der Waals surface area contributed by atoms with Crippen LogP contribution in [0.2, 0.25) is 0 Å². The van der Waals surface area contributed by atoms with Gasteiger partial charge in [-0.25, -0.2) is 15.3 Å². The minimum atomic E-state index is -5.08. The summed E-state index contributed by atoms with van der Waals surface area (Å²) in [5, 5.41) is 15.8. The van der Waals surface area contributed by atoms with Crippen molar-refractivity contribution < 1.29 is 37.5 Å². The minimum Gasteiger partial charge on any atom is -0.475 e. The zero-order valence-corrected chi connectivity index (χ0v) is 15.9. The topological polar surface area (TPSA) is 138 Å². The van der Waals surface area contributed by atoms with E-state index in [1.54, 1.807) is 36.2 Å². The van der Waals surface area contributed by atoms with Gasteiger partial charge in [-0.1, -0.05) is 0 Å². The molecule has 3 aromatic heterocycles. The maximum absolute atomic E-state index is 11.5. The number of fused-ring (bicyclic) bond motifs is 1. The van der Waals surface area contributed by atoms with E-state index < -0.39 is 18.1 Å². The van der Waals surface area contributed by atoms with Crippen LogP contribution in [-0.2, 0) is 4.79 Å². The molecule has 0 atom stereocenters. The molecule has 0 spiro atoms. The monoisotopic (exact) mass is 446 g/mol. The summed E-state index contributed by atoms with van der Waals surface area (Å²) in [4.78, 5) is 33.3. The van der Waals surface area contributed by atoms with Crippen LogP contribution in [0.15, 0.2) is 65.5 Å². The zero-order chi connectivity index (χ0) is 23.3. The Labute approximate surface area is 177 Å². The maximum Gasteiger partial charge on any atom is 0.490 e. The Morgan fingerprint density at radius 2 is 1.78 bits per heavy atom. The van der Waals surface area contributed by atoms with E-state index in [0.29, 0.717) is 17.0 Å². The molecule has 1 aromatic carbocycles. The third-order valence-electron chi connectivity index (χ3n) is 3.96. The number of aliphatic carboxylic acids is 1. The first-order valence-electron chi connectivity index (χ1n) is 8.71. The van der Waals surface area contributed by atoms with Gasteiger partial charge in [0.1, 0.15) is 5.52 Å². The molecular formula is C20H13F3N4O5. The molecule has 164 valence electrons. The molecule has 4 aromatic rings. The van der Waals surface area contributed by atoms with Gasteiger partial charge < -0.3 is 9.52 Å². The third-order valence-corrected chi connectivity index (χ3v) is 3.96. The van der Waals surface area contributed by atoms with Crippen molar-refractivity contribution >= 4 is 23.0 Å². The van der Waals surface area contributed by atoms with Gasteiger partial charge in [0.15, 0.2) is 5.58 Å². The number of carbonyl (C=O) groups excluding carboxylic acids is 1. The van der Waals surface area contributed by atoms with Crippen LogP contribution >= 0.6 is 0 Å². The lowest BCUT2D eigenvalue weighted by Gasteiger charge is -2.00. The highest BCUT2D eigenvalue weighted by Gasteiger charge is 2.38. The van der Waals surface area contributed by atoms with Crippen LogP contribution in [0.4, 0.5) is 13.2 Å². The minimum absolute atomic E-state index is 0.280. The quantitative estimate of drug-likeness (QED) is 0.320. The highest BCUT2D eigenvalue weighted by Crippen LogP contribution is 2.26. The molecule has 12 heteroatoms. The van der Waals surface area contributed by atoms with Gasteiger partial charge in [0.25, 0.3) is 5.91 Å². The molecule has 0 aliphatic rings. The van der Waals surface area contributed by atoms with Gasteiger partial charge in [-0.15, -0.1) is 0 Å². The molecule has 1 amide bonds. The molecule has 0 unspecified atom stereocenters. The number of amides is 1. The molecule has 0 fully saturated rings. The largest absolute Gasteiger partial charge is 0.490 e. The van der Waals surface area contributed by atoms with Gasteiger partial charge in [0.2, 0.25) is 5.89 Å². The van der Waals surface area contributed by atoms with Crippen molar-refractivity contribution in [2.75, 3.05) is 0 Å². The first-order valence-corrected chi connectivity index (χ1v) is 8.71. The molecule has 0 saturated carbocycles. The predicted molar refractivity (Wildman–Crippen MR) is 103 cm³/mol. The molecule has 0 bridgehead atoms. The zero-order valence-electron chi connectivity index (χ0n) is 15.9. The van der Waals surface area contributed by atoms with Crippen LogP contribution in [0.1, 0.15) is 10.4 Å². The molecule has 32 heavy (non-hydrogen) atoms. The summed E-state index contributed by atoms with van der Waals surface area (Å²) in [6, 6.07) is 12.3. The Morgan fingerprint density at radius 1 is 1.03 bits per heavy atom. The van der Waals surface area contributed by atoms with Crippen molar-refractivity contribution in [3.05, 3.63) is 66.6 Å². The van der Waals surface area contributed by atoms with E-state index in [4.69, 9.17) is 19.5 Å². The fraction of sp³-hybridized carbons (Fsp3) is 0.0500. The number of rotatable bonds is 3. The second-order valence-corrected chi connectivity index (χ2v) is 6.12. The Hall–Kier alpha value is -4.32. The van der Waals surface area contributed by atoms with Crippen molar-refractivity contribution in [2.24, 2.45) is 0 Å². The van der Waals surface area contributed by atoms with Gasteiger partial charge in [-0.05, 0) is 42.5 Å². The van der Waals surface area contributed by atoms with Crippen LogP contribution in [0.3, 0.4) is 0 Å². The number of carboxylic acids is 1. The summed E-state index contributed by atoms with van der Waals surface area (Å²) in [6.07, 6.45) is 0.0467. The number of hydrogen-bond acceptors (Lipinski definition) is 7. The maximum atomic E-state index is 11.5. The van der Waals surface area contributed by atoms with Crippen LogP contribution in [0.25, 0.3) is 33.8 Å². The van der Waals surface area contributed by atoms with Crippen LogP contribution < -0.4 is 5.48 Å². The normalized spacial score (nSPS) is 10.9. The van der Waals surface area contributed by atoms with E-state index >= 15 is 0 Å². The average Bonchev–Trinajstić information content (AvgIpc) is 3.22. The Kier molecular flexibility index (Phi) is 6.45. The van der Waals surface area contributed by atoms with E-state index in [1.807, 2.05) is 24.3 Å². The number of carboxylic acid groups (broad SMARTS) is 1. The van der Waals surface area contributed by atoms with Gasteiger partial charge in [0, 0.05) is 29.7 Å². The summed E-state index contributed by atoms with van der Waals surface area (Å²) >= 11 is 0. The van der Waals surface area contributed by atoms with Gasteiger partial charge in [0.05, 0.1) is 11.3 Å². The van der Waals surface area contributed by atoms with Crippen LogP contribution in [-0.4, -0.2) is 43.3 Å². The van der Waals surface area contributed by atoms with E-state index in [2.05, 4.69) is 15.0 Å². The molecule has 3 heterocycles. The standard InChI is InChI=1S/C18H12N4O3.C2HF3O2/c23-17(22-24)11-3-6-15-16(8-11)25-18(21-15)13-4-5-14(20-10-13)12-2-1-7-19-9-12;3-2(4,5)1(6)7/h1-10,24H,(H,22,23);(H,6,7). The second kappa shape index (κ2) is 9.22. The fourth-order valence-electron chi connectivity index (χ4n) is 2.46. The highest BCUT2D eigenvalue weighted by atomic mass is 19.4. The number of aromatic nitrogens is 3. The van der Waals surface area contributed by atoms with E-state index in [-0.39, 0.29) is 5.56 Å². The predicted octanol–water partition coefficient (Wildman–Crippen LogP) is 3.70. The number of nitrogens with zero attached hydrogens (tertiary/aromatic N) is 3. The smallest absolute Gasteiger partial charge is 0.475 e. The number of halogens is 3. The number of nitrogens with one attached hydrogen (secondary N) is 1. The highest BCUT2D eigenvalue weighted by molar-refractivity contribution is 5.96. The number of pyridine rings is 2. The van der Waals surface area contributed by atoms with Crippen molar-refractivity contribution in [1.29, 1.82) is 0 Å². The van der Waals surface area contributed by atoms with E-state index in [0.717, 1.165) is 16.8 Å². The summed E-state index contributed by atoms with van der Waals surface area (Å²) < 4.78 is 37.4. The molecule has 0 aliphatic heterocycles. The lowest BCUT2D eigenvalue weighted by molar-refractivity contribution is -0.192. The SMILES string of the molecule is O=C(NO)c1ccc2nc(-c3ccc(-c4cccnc4)nc3)oc2c1.O=C(O)C(F)(F)F. The number of hydrogen-bond donors (Lipinski definition) is 3. The van der Waals surface area contributed by atoms with E-state index in [9.17, 15) is 18.0 Å². The number of oxazole rings is 1. The number of carbonyl (C=O) groups is 2.